The van der Waals surface area contributed by atoms with Crippen molar-refractivity contribution in [3.63, 3.8) is 0 Å². The Balaban J connectivity index is 1.94. The Labute approximate surface area is 128 Å². The molecule has 22 heavy (non-hydrogen) atoms. The van der Waals surface area contributed by atoms with E-state index in [4.69, 9.17) is 0 Å². The van der Waals surface area contributed by atoms with E-state index in [9.17, 15) is 22.8 Å². The van der Waals surface area contributed by atoms with Crippen molar-refractivity contribution in [2.45, 2.75) is 32.0 Å². The molecule has 122 valence electrons. The van der Waals surface area contributed by atoms with Gasteiger partial charge in [-0.2, -0.15) is 13.2 Å². The Morgan fingerprint density at radius 2 is 2.27 bits per heavy atom. The Morgan fingerprint density at radius 3 is 2.86 bits per heavy atom. The second-order valence-electron chi connectivity index (χ2n) is 4.80. The molecule has 2 rings (SSSR count). The summed E-state index contributed by atoms with van der Waals surface area (Å²) in [5.74, 6) is -0.476. The van der Waals surface area contributed by atoms with Crippen LogP contribution in [0.3, 0.4) is 0 Å². The molecule has 1 fully saturated rings. The monoisotopic (exact) mass is 337 g/mol. The maximum atomic E-state index is 12.1. The van der Waals surface area contributed by atoms with Crippen molar-refractivity contribution in [2.75, 3.05) is 18.5 Å². The number of halogens is 3. The van der Waals surface area contributed by atoms with Gasteiger partial charge in [-0.3, -0.25) is 9.69 Å². The summed E-state index contributed by atoms with van der Waals surface area (Å²) in [7, 11) is 0. The van der Waals surface area contributed by atoms with Gasteiger partial charge in [0, 0.05) is 11.9 Å². The number of hydrogen-bond donors (Lipinski definition) is 1. The zero-order valence-corrected chi connectivity index (χ0v) is 12.5. The number of anilines is 1. The summed E-state index contributed by atoms with van der Waals surface area (Å²) in [5, 5.41) is 4.70. The minimum Gasteiger partial charge on any atom is -0.440 e. The zero-order chi connectivity index (χ0) is 16.3. The molecule has 1 aromatic heterocycles. The fourth-order valence-corrected chi connectivity index (χ4v) is 2.78. The fraction of sp³-hybridized carbons (Fsp3) is 0.583. The predicted octanol–water partition coefficient (Wildman–Crippen LogP) is 2.55. The number of nitrogens with one attached hydrogen (secondary N) is 1. The molecule has 0 aliphatic carbocycles. The van der Waals surface area contributed by atoms with Crippen molar-refractivity contribution in [3.05, 3.63) is 11.1 Å². The minimum atomic E-state index is -4.59. The number of ether oxygens (including phenoxy) is 1. The molecule has 1 aromatic rings. The van der Waals surface area contributed by atoms with Gasteiger partial charge in [0.25, 0.3) is 0 Å². The first-order valence-electron chi connectivity index (χ1n) is 6.49. The van der Waals surface area contributed by atoms with Crippen molar-refractivity contribution < 1.29 is 27.5 Å². The van der Waals surface area contributed by atoms with Crippen molar-refractivity contribution in [1.29, 1.82) is 0 Å². The molecule has 0 aromatic carbocycles. The maximum Gasteiger partial charge on any atom is 0.422 e. The lowest BCUT2D eigenvalue weighted by molar-refractivity contribution is -0.162. The smallest absolute Gasteiger partial charge is 0.422 e. The van der Waals surface area contributed by atoms with Crippen LogP contribution in [0.25, 0.3) is 0 Å². The van der Waals surface area contributed by atoms with Crippen molar-refractivity contribution in [3.8, 4) is 0 Å². The van der Waals surface area contributed by atoms with Gasteiger partial charge in [0.1, 0.15) is 6.04 Å². The van der Waals surface area contributed by atoms with E-state index in [1.807, 2.05) is 0 Å². The molecule has 1 aliphatic rings. The number of carbonyl (C=O) groups is 2. The van der Waals surface area contributed by atoms with E-state index in [2.05, 4.69) is 15.0 Å². The second-order valence-corrected chi connectivity index (χ2v) is 5.66. The first-order chi connectivity index (χ1) is 10.3. The molecule has 1 atom stereocenters. The van der Waals surface area contributed by atoms with Gasteiger partial charge in [-0.1, -0.05) is 0 Å². The molecule has 0 spiro atoms. The van der Waals surface area contributed by atoms with E-state index >= 15 is 0 Å². The lowest BCUT2D eigenvalue weighted by Crippen LogP contribution is -2.44. The number of likely N-dealkylation sites (tertiary alicyclic amines) is 1. The first kappa shape index (κ1) is 16.5. The molecule has 1 N–H and O–H groups in total. The summed E-state index contributed by atoms with van der Waals surface area (Å²) in [6.45, 7) is 0.288. The van der Waals surface area contributed by atoms with Crippen molar-refractivity contribution in [2.24, 2.45) is 0 Å². The average molecular weight is 337 g/mol. The second kappa shape index (κ2) is 6.51. The van der Waals surface area contributed by atoms with Crippen molar-refractivity contribution >= 4 is 28.5 Å². The highest BCUT2D eigenvalue weighted by Gasteiger charge is 2.37. The molecule has 2 heterocycles. The quantitative estimate of drug-likeness (QED) is 0.920. The van der Waals surface area contributed by atoms with Crippen LogP contribution in [0.5, 0.6) is 0 Å². The summed E-state index contributed by atoms with van der Waals surface area (Å²) in [4.78, 5) is 28.9. The molecule has 10 heteroatoms. The summed E-state index contributed by atoms with van der Waals surface area (Å²) in [5.41, 5.74) is 0.744. The number of aryl methyl sites for hydroxylation is 1. The van der Waals surface area contributed by atoms with Crippen molar-refractivity contribution in [1.82, 2.24) is 9.88 Å². The number of rotatable bonds is 3. The number of thiazole rings is 1. The number of aromatic nitrogens is 1. The van der Waals surface area contributed by atoms with E-state index in [1.165, 1.54) is 11.3 Å². The van der Waals surface area contributed by atoms with Crippen LogP contribution in [0.15, 0.2) is 5.38 Å². The van der Waals surface area contributed by atoms with E-state index in [-0.39, 0.29) is 6.54 Å². The third-order valence-corrected chi connectivity index (χ3v) is 3.87. The first-order valence-corrected chi connectivity index (χ1v) is 7.37. The Hall–Kier alpha value is -1.84. The van der Waals surface area contributed by atoms with Crippen LogP contribution in [0.1, 0.15) is 18.5 Å². The summed E-state index contributed by atoms with van der Waals surface area (Å²) in [6, 6.07) is -0.843. The number of hydrogen-bond acceptors (Lipinski definition) is 5. The predicted molar refractivity (Wildman–Crippen MR) is 72.6 cm³/mol. The third-order valence-electron chi connectivity index (χ3n) is 3.00. The molecule has 6 nitrogen and oxygen atoms in total. The highest BCUT2D eigenvalue weighted by atomic mass is 32.1. The summed E-state index contributed by atoms with van der Waals surface area (Å²) >= 11 is 1.23. The largest absolute Gasteiger partial charge is 0.440 e. The van der Waals surface area contributed by atoms with Crippen LogP contribution in [-0.4, -0.2) is 47.3 Å². The molecular formula is C12H14F3N3O3S. The van der Waals surface area contributed by atoms with Gasteiger partial charge in [0.2, 0.25) is 5.91 Å². The normalized spacial score (nSPS) is 18.4. The van der Waals surface area contributed by atoms with E-state index in [0.717, 1.165) is 10.6 Å². The topological polar surface area (TPSA) is 71.5 Å². The van der Waals surface area contributed by atoms with Crippen LogP contribution < -0.4 is 5.32 Å². The SMILES string of the molecule is Cc1csc(NC(=O)[C@@H]2CCCN2C(=O)OCC(F)(F)F)n1. The molecule has 0 saturated carbocycles. The fourth-order valence-electron chi connectivity index (χ4n) is 2.08. The molecule has 0 radical (unpaired) electrons. The molecule has 0 bridgehead atoms. The van der Waals surface area contributed by atoms with Gasteiger partial charge in [0.05, 0.1) is 5.69 Å². The number of carbonyl (C=O) groups excluding carboxylic acids is 2. The van der Waals surface area contributed by atoms with Gasteiger partial charge < -0.3 is 10.1 Å². The van der Waals surface area contributed by atoms with Crippen LogP contribution in [-0.2, 0) is 9.53 Å². The Kier molecular flexibility index (Phi) is 4.89. The van der Waals surface area contributed by atoms with E-state index in [0.29, 0.717) is 18.0 Å². The number of nitrogens with zero attached hydrogens (tertiary/aromatic N) is 2. The molecule has 1 saturated heterocycles. The summed E-state index contributed by atoms with van der Waals surface area (Å²) < 4.78 is 40.4. The van der Waals surface area contributed by atoms with E-state index < -0.39 is 30.8 Å². The lowest BCUT2D eigenvalue weighted by Gasteiger charge is -2.23. The van der Waals surface area contributed by atoms with Gasteiger partial charge in [-0.25, -0.2) is 9.78 Å². The minimum absolute atomic E-state index is 0.186. The highest BCUT2D eigenvalue weighted by Crippen LogP contribution is 2.23. The third kappa shape index (κ3) is 4.33. The van der Waals surface area contributed by atoms with Gasteiger partial charge in [-0.15, -0.1) is 11.3 Å². The number of amides is 2. The van der Waals surface area contributed by atoms with Gasteiger partial charge in [-0.05, 0) is 19.8 Å². The van der Waals surface area contributed by atoms with Crippen LogP contribution in [0, 0.1) is 6.92 Å². The molecule has 0 unspecified atom stereocenters. The number of alkyl halides is 3. The Bertz CT molecular complexity index is 561. The van der Waals surface area contributed by atoms with E-state index in [1.54, 1.807) is 12.3 Å². The van der Waals surface area contributed by atoms with Gasteiger partial charge >= 0.3 is 12.3 Å². The highest BCUT2D eigenvalue weighted by molar-refractivity contribution is 7.13. The standard InChI is InChI=1S/C12H14F3N3O3S/c1-7-5-22-10(16-7)17-9(19)8-3-2-4-18(8)11(20)21-6-12(13,14)15/h5,8H,2-4,6H2,1H3,(H,16,17,19)/t8-/m0/s1. The Morgan fingerprint density at radius 1 is 1.55 bits per heavy atom. The molecule has 2 amide bonds. The zero-order valence-electron chi connectivity index (χ0n) is 11.6. The van der Waals surface area contributed by atoms with Crippen LogP contribution >= 0.6 is 11.3 Å². The van der Waals surface area contributed by atoms with Crippen LogP contribution in [0.2, 0.25) is 0 Å². The average Bonchev–Trinajstić information content (AvgIpc) is 3.04. The lowest BCUT2D eigenvalue weighted by atomic mass is 10.2. The van der Waals surface area contributed by atoms with Gasteiger partial charge in [0.15, 0.2) is 11.7 Å². The summed E-state index contributed by atoms with van der Waals surface area (Å²) in [6.07, 6.45) is -4.83. The molecular weight excluding hydrogens is 323 g/mol. The molecule has 1 aliphatic heterocycles. The maximum absolute atomic E-state index is 12.1. The van der Waals surface area contributed by atoms with Crippen LogP contribution in [0.4, 0.5) is 23.1 Å².